The van der Waals surface area contributed by atoms with E-state index >= 15 is 0 Å². The van der Waals surface area contributed by atoms with Crippen LogP contribution in [0.15, 0.2) is 30.5 Å². The maximum atomic E-state index is 12.1. The lowest BCUT2D eigenvalue weighted by molar-refractivity contribution is -0.561. The summed E-state index contributed by atoms with van der Waals surface area (Å²) in [6.07, 6.45) is 2.08. The van der Waals surface area contributed by atoms with Crippen LogP contribution in [0.3, 0.4) is 0 Å². The van der Waals surface area contributed by atoms with Gasteiger partial charge in [0.15, 0.2) is 5.78 Å². The summed E-state index contributed by atoms with van der Waals surface area (Å²) in [6, 6.07) is 7.53. The summed E-state index contributed by atoms with van der Waals surface area (Å²) in [6.45, 7) is 3.07. The van der Waals surface area contributed by atoms with Gasteiger partial charge in [0, 0.05) is 54.3 Å². The number of hydrogen-bond acceptors (Lipinski definition) is 3. The van der Waals surface area contributed by atoms with Crippen LogP contribution in [0.4, 0.5) is 0 Å². The molecule has 0 unspecified atom stereocenters. The Labute approximate surface area is 110 Å². The molecule has 1 aromatic carbocycles. The Morgan fingerprint density at radius 3 is 2.74 bits per heavy atom. The van der Waals surface area contributed by atoms with Crippen LogP contribution in [0.25, 0.3) is 10.9 Å². The highest BCUT2D eigenvalue weighted by atomic mass is 16.6. The number of benzene rings is 1. The summed E-state index contributed by atoms with van der Waals surface area (Å²) in [5, 5.41) is 11.7. The quantitative estimate of drug-likeness (QED) is 0.509. The van der Waals surface area contributed by atoms with E-state index in [1.807, 2.05) is 24.3 Å². The van der Waals surface area contributed by atoms with Gasteiger partial charge in [-0.25, -0.2) is 0 Å². The number of H-pyrrole nitrogens is 1. The van der Waals surface area contributed by atoms with E-state index in [0.717, 1.165) is 10.9 Å². The molecule has 2 aromatic rings. The molecule has 0 atom stereocenters. The number of para-hydroxylation sites is 1. The van der Waals surface area contributed by atoms with Crippen molar-refractivity contribution in [3.63, 3.8) is 0 Å². The van der Waals surface area contributed by atoms with Gasteiger partial charge in [-0.3, -0.25) is 14.9 Å². The monoisotopic (exact) mass is 260 g/mol. The molecule has 0 aliphatic rings. The number of nitro groups is 1. The van der Waals surface area contributed by atoms with E-state index < -0.39 is 5.54 Å². The minimum absolute atomic E-state index is 0.0626. The molecule has 1 N–H and O–H groups in total. The molecule has 1 aromatic heterocycles. The number of Topliss-reactive ketones (excluding diaryl/α,β-unsaturated/α-hetero) is 1. The summed E-state index contributed by atoms with van der Waals surface area (Å²) < 4.78 is 0. The molecule has 0 saturated heterocycles. The molecule has 0 bridgehead atoms. The fourth-order valence-electron chi connectivity index (χ4n) is 1.95. The van der Waals surface area contributed by atoms with Crippen LogP contribution in [-0.4, -0.2) is 21.2 Å². The molecule has 0 aliphatic heterocycles. The first-order valence-electron chi connectivity index (χ1n) is 6.15. The third-order valence-electron chi connectivity index (χ3n) is 3.35. The van der Waals surface area contributed by atoms with Gasteiger partial charge in [0.1, 0.15) is 0 Å². The second kappa shape index (κ2) is 4.84. The topological polar surface area (TPSA) is 76.0 Å². The Morgan fingerprint density at radius 1 is 1.37 bits per heavy atom. The lowest BCUT2D eigenvalue weighted by Gasteiger charge is -2.14. The van der Waals surface area contributed by atoms with Gasteiger partial charge in [0.25, 0.3) is 0 Å². The zero-order valence-electron chi connectivity index (χ0n) is 11.0. The summed E-state index contributed by atoms with van der Waals surface area (Å²) in [4.78, 5) is 25.7. The van der Waals surface area contributed by atoms with Crippen LogP contribution in [-0.2, 0) is 0 Å². The van der Waals surface area contributed by atoms with Crippen molar-refractivity contribution in [1.82, 2.24) is 4.98 Å². The number of hydrogen-bond donors (Lipinski definition) is 1. The fraction of sp³-hybridized carbons (Fsp3) is 0.357. The van der Waals surface area contributed by atoms with Crippen molar-refractivity contribution >= 4 is 16.7 Å². The van der Waals surface area contributed by atoms with Gasteiger partial charge in [0.05, 0.1) is 0 Å². The first-order chi connectivity index (χ1) is 8.92. The second-order valence-corrected chi connectivity index (χ2v) is 5.24. The first-order valence-corrected chi connectivity index (χ1v) is 6.15. The maximum Gasteiger partial charge on any atom is 0.217 e. The zero-order valence-corrected chi connectivity index (χ0v) is 11.0. The maximum absolute atomic E-state index is 12.1. The molecule has 1 heterocycles. The van der Waals surface area contributed by atoms with Crippen LogP contribution in [0.5, 0.6) is 0 Å². The smallest absolute Gasteiger partial charge is 0.217 e. The van der Waals surface area contributed by atoms with Crippen molar-refractivity contribution in [2.45, 2.75) is 32.2 Å². The van der Waals surface area contributed by atoms with Gasteiger partial charge >= 0.3 is 0 Å². The van der Waals surface area contributed by atoms with Gasteiger partial charge in [-0.05, 0) is 6.07 Å². The van der Waals surface area contributed by atoms with E-state index in [4.69, 9.17) is 0 Å². The Kier molecular flexibility index (Phi) is 3.38. The minimum atomic E-state index is -1.07. The standard InChI is InChI=1S/C14H16N2O3/c1-14(2,16(18)19)8-7-13(17)11-9-15-12-6-4-3-5-10(11)12/h3-6,9,15H,7-8H2,1-2H3. The van der Waals surface area contributed by atoms with Crippen LogP contribution in [0.1, 0.15) is 37.0 Å². The van der Waals surface area contributed by atoms with Crippen molar-refractivity contribution < 1.29 is 9.72 Å². The molecular weight excluding hydrogens is 244 g/mol. The molecule has 2 rings (SSSR count). The van der Waals surface area contributed by atoms with Crippen LogP contribution in [0.2, 0.25) is 0 Å². The van der Waals surface area contributed by atoms with E-state index in [2.05, 4.69) is 4.98 Å². The van der Waals surface area contributed by atoms with Gasteiger partial charge < -0.3 is 4.98 Å². The lowest BCUT2D eigenvalue weighted by atomic mass is 9.95. The summed E-state index contributed by atoms with van der Waals surface area (Å²) >= 11 is 0. The van der Waals surface area contributed by atoms with Gasteiger partial charge in [-0.1, -0.05) is 18.2 Å². The number of nitrogens with zero attached hydrogens (tertiary/aromatic N) is 1. The molecule has 0 amide bonds. The molecule has 5 heteroatoms. The second-order valence-electron chi connectivity index (χ2n) is 5.24. The Balaban J connectivity index is 2.15. The number of aromatic nitrogens is 1. The molecule has 0 spiro atoms. The van der Waals surface area contributed by atoms with Crippen molar-refractivity contribution in [3.8, 4) is 0 Å². The molecule has 0 aliphatic carbocycles. The number of fused-ring (bicyclic) bond motifs is 1. The molecular formula is C14H16N2O3. The van der Waals surface area contributed by atoms with Gasteiger partial charge in [-0.15, -0.1) is 0 Å². The highest BCUT2D eigenvalue weighted by Gasteiger charge is 2.31. The zero-order chi connectivity index (χ0) is 14.0. The normalized spacial score (nSPS) is 11.7. The average molecular weight is 260 g/mol. The molecule has 5 nitrogen and oxygen atoms in total. The largest absolute Gasteiger partial charge is 0.360 e. The van der Waals surface area contributed by atoms with Crippen molar-refractivity contribution in [3.05, 3.63) is 46.1 Å². The number of ketones is 1. The van der Waals surface area contributed by atoms with E-state index in [1.165, 1.54) is 13.8 Å². The summed E-state index contributed by atoms with van der Waals surface area (Å²) in [5.41, 5.74) is 0.441. The number of carbonyl (C=O) groups is 1. The molecule has 100 valence electrons. The van der Waals surface area contributed by atoms with Crippen LogP contribution in [0, 0.1) is 10.1 Å². The van der Waals surface area contributed by atoms with Crippen molar-refractivity contribution in [2.24, 2.45) is 0 Å². The summed E-state index contributed by atoms with van der Waals surface area (Å²) in [7, 11) is 0. The van der Waals surface area contributed by atoms with Gasteiger partial charge in [0.2, 0.25) is 5.54 Å². The molecule has 0 fully saturated rings. The predicted molar refractivity (Wildman–Crippen MR) is 72.9 cm³/mol. The molecule has 0 saturated carbocycles. The van der Waals surface area contributed by atoms with Crippen LogP contribution >= 0.6 is 0 Å². The SMILES string of the molecule is CC(C)(CCC(=O)c1c[nH]c2ccccc12)[N+](=O)[O-]. The predicted octanol–water partition coefficient (Wildman–Crippen LogP) is 3.19. The third-order valence-corrected chi connectivity index (χ3v) is 3.35. The highest BCUT2D eigenvalue weighted by Crippen LogP contribution is 2.22. The summed E-state index contributed by atoms with van der Waals surface area (Å²) in [5.74, 6) is -0.0626. The Bertz CT molecular complexity index is 628. The lowest BCUT2D eigenvalue weighted by Crippen LogP contribution is -2.31. The molecule has 19 heavy (non-hydrogen) atoms. The van der Waals surface area contributed by atoms with Gasteiger partial charge in [-0.2, -0.15) is 0 Å². The Morgan fingerprint density at radius 2 is 2.05 bits per heavy atom. The van der Waals surface area contributed by atoms with E-state index in [1.54, 1.807) is 6.20 Å². The minimum Gasteiger partial charge on any atom is -0.360 e. The first kappa shape index (κ1) is 13.3. The van der Waals surface area contributed by atoms with Crippen LogP contribution < -0.4 is 0 Å². The average Bonchev–Trinajstić information content (AvgIpc) is 2.79. The fourth-order valence-corrected chi connectivity index (χ4v) is 1.95. The van der Waals surface area contributed by atoms with Crippen molar-refractivity contribution in [2.75, 3.05) is 0 Å². The van der Waals surface area contributed by atoms with E-state index in [-0.39, 0.29) is 23.5 Å². The number of aromatic amines is 1. The number of rotatable bonds is 5. The van der Waals surface area contributed by atoms with E-state index in [0.29, 0.717) is 5.56 Å². The Hall–Kier alpha value is -2.17. The number of nitrogens with one attached hydrogen (secondary N) is 1. The van der Waals surface area contributed by atoms with E-state index in [9.17, 15) is 14.9 Å². The van der Waals surface area contributed by atoms with Crippen molar-refractivity contribution in [1.29, 1.82) is 0 Å². The highest BCUT2D eigenvalue weighted by molar-refractivity contribution is 6.07. The number of carbonyl (C=O) groups excluding carboxylic acids is 1. The third kappa shape index (κ3) is 2.65. The molecule has 0 radical (unpaired) electrons.